The number of hydrogen-bond acceptors (Lipinski definition) is 3. The summed E-state index contributed by atoms with van der Waals surface area (Å²) in [5, 5.41) is 0. The third kappa shape index (κ3) is 3.85. The molecule has 5 heteroatoms. The first-order valence-electron chi connectivity index (χ1n) is 6.49. The quantitative estimate of drug-likeness (QED) is 0.524. The Kier molecular flexibility index (Phi) is 5.05. The third-order valence-electron chi connectivity index (χ3n) is 3.40. The number of alkyl halides is 1. The molecule has 1 saturated heterocycles. The summed E-state index contributed by atoms with van der Waals surface area (Å²) in [6.07, 6.45) is 2.56. The maximum atomic E-state index is 5.61. The maximum Gasteiger partial charge on any atom is 0.115 e. The van der Waals surface area contributed by atoms with E-state index in [1.165, 1.54) is 5.69 Å². The van der Waals surface area contributed by atoms with Crippen LogP contribution in [0.1, 0.15) is 12.8 Å². The summed E-state index contributed by atoms with van der Waals surface area (Å²) in [7, 11) is 1.79. The van der Waals surface area contributed by atoms with Gasteiger partial charge in [0.2, 0.25) is 0 Å². The summed E-state index contributed by atoms with van der Waals surface area (Å²) in [4.78, 5) is 6.58. The number of benzene rings is 1. The van der Waals surface area contributed by atoms with Crippen molar-refractivity contribution in [3.63, 3.8) is 0 Å². The molecule has 0 unspecified atom stereocenters. The van der Waals surface area contributed by atoms with Gasteiger partial charge in [-0.2, -0.15) is 0 Å². The zero-order valence-electron chi connectivity index (χ0n) is 11.2. The van der Waals surface area contributed by atoms with Gasteiger partial charge in [-0.1, -0.05) is 0 Å². The molecule has 0 radical (unpaired) electrons. The monoisotopic (exact) mass is 281 g/mol. The van der Waals surface area contributed by atoms with Gasteiger partial charge in [0.1, 0.15) is 5.84 Å². The van der Waals surface area contributed by atoms with Gasteiger partial charge in [-0.05, 0) is 37.1 Å². The average Bonchev–Trinajstić information content (AvgIpc) is 2.48. The van der Waals surface area contributed by atoms with Gasteiger partial charge in [0.15, 0.2) is 0 Å². The van der Waals surface area contributed by atoms with Crippen molar-refractivity contribution in [3.8, 4) is 0 Å². The zero-order chi connectivity index (χ0) is 13.7. The van der Waals surface area contributed by atoms with Crippen molar-refractivity contribution in [2.75, 3.05) is 31.0 Å². The summed E-state index contributed by atoms with van der Waals surface area (Å²) < 4.78 is 5.38. The van der Waals surface area contributed by atoms with Crippen molar-refractivity contribution in [2.24, 2.45) is 10.7 Å². The van der Waals surface area contributed by atoms with E-state index in [-0.39, 0.29) is 5.88 Å². The summed E-state index contributed by atoms with van der Waals surface area (Å²) in [6, 6.07) is 8.09. The van der Waals surface area contributed by atoms with Crippen LogP contribution in [0.4, 0.5) is 11.4 Å². The Hall–Kier alpha value is -1.26. The molecule has 0 aromatic heterocycles. The lowest BCUT2D eigenvalue weighted by atomic mass is 10.1. The molecule has 1 aromatic carbocycles. The molecule has 19 heavy (non-hydrogen) atoms. The Balaban J connectivity index is 1.99. The van der Waals surface area contributed by atoms with E-state index in [1.807, 2.05) is 12.1 Å². The van der Waals surface area contributed by atoms with E-state index in [4.69, 9.17) is 22.1 Å². The van der Waals surface area contributed by atoms with Gasteiger partial charge >= 0.3 is 0 Å². The molecule has 104 valence electrons. The molecule has 1 aromatic rings. The molecule has 0 saturated carbocycles. The van der Waals surface area contributed by atoms with E-state index in [9.17, 15) is 0 Å². The predicted octanol–water partition coefficient (Wildman–Crippen LogP) is 2.53. The van der Waals surface area contributed by atoms with Crippen molar-refractivity contribution in [1.82, 2.24) is 0 Å². The second kappa shape index (κ2) is 6.78. The Morgan fingerprint density at radius 1 is 1.37 bits per heavy atom. The van der Waals surface area contributed by atoms with Crippen LogP contribution in [0.15, 0.2) is 29.3 Å². The first-order valence-corrected chi connectivity index (χ1v) is 7.03. The third-order valence-corrected chi connectivity index (χ3v) is 3.67. The Bertz CT molecular complexity index is 425. The van der Waals surface area contributed by atoms with Crippen molar-refractivity contribution in [2.45, 2.75) is 18.9 Å². The summed E-state index contributed by atoms with van der Waals surface area (Å²) in [5.74, 6) is 0.696. The lowest BCUT2D eigenvalue weighted by Crippen LogP contribution is -2.36. The van der Waals surface area contributed by atoms with Gasteiger partial charge in [-0.3, -0.25) is 0 Å². The number of methoxy groups -OCH3 is 1. The second-order valence-electron chi connectivity index (χ2n) is 4.68. The van der Waals surface area contributed by atoms with Crippen molar-refractivity contribution >= 4 is 28.8 Å². The highest BCUT2D eigenvalue weighted by molar-refractivity contribution is 6.28. The molecule has 1 aliphatic heterocycles. The zero-order valence-corrected chi connectivity index (χ0v) is 11.9. The van der Waals surface area contributed by atoms with Crippen LogP contribution in [-0.4, -0.2) is 38.0 Å². The highest BCUT2D eigenvalue weighted by Crippen LogP contribution is 2.23. The topological polar surface area (TPSA) is 50.8 Å². The number of aliphatic imine (C=N–C) groups is 1. The highest BCUT2D eigenvalue weighted by Gasteiger charge is 2.18. The minimum Gasteiger partial charge on any atom is -0.386 e. The van der Waals surface area contributed by atoms with Gasteiger partial charge in [-0.25, -0.2) is 4.99 Å². The first kappa shape index (κ1) is 14.2. The fourth-order valence-electron chi connectivity index (χ4n) is 2.28. The van der Waals surface area contributed by atoms with Crippen LogP contribution in [0.25, 0.3) is 0 Å². The fraction of sp³-hybridized carbons (Fsp3) is 0.500. The highest BCUT2D eigenvalue weighted by atomic mass is 35.5. The molecule has 2 rings (SSSR count). The molecule has 1 aliphatic rings. The minimum absolute atomic E-state index is 0.256. The molecule has 0 atom stereocenters. The van der Waals surface area contributed by atoms with Crippen molar-refractivity contribution in [3.05, 3.63) is 24.3 Å². The number of anilines is 1. The predicted molar refractivity (Wildman–Crippen MR) is 80.7 cm³/mol. The molecular formula is C14H20ClN3O. The number of rotatable bonds is 4. The summed E-state index contributed by atoms with van der Waals surface area (Å²) in [5.41, 5.74) is 7.67. The largest absolute Gasteiger partial charge is 0.386 e. The van der Waals surface area contributed by atoms with Gasteiger partial charge in [0.05, 0.1) is 17.7 Å². The number of hydrogen-bond donors (Lipinski definition) is 1. The first-order chi connectivity index (χ1) is 9.22. The van der Waals surface area contributed by atoms with Crippen molar-refractivity contribution in [1.29, 1.82) is 0 Å². The van der Waals surface area contributed by atoms with Crippen LogP contribution < -0.4 is 10.6 Å². The van der Waals surface area contributed by atoms with E-state index < -0.39 is 0 Å². The SMILES string of the molecule is COC1CCN(c2ccc(N=C(N)CCl)cc2)CC1. The van der Waals surface area contributed by atoms with Gasteiger partial charge in [-0.15, -0.1) is 11.6 Å². The number of ether oxygens (including phenoxy) is 1. The molecule has 0 spiro atoms. The number of nitrogens with zero attached hydrogens (tertiary/aromatic N) is 2. The van der Waals surface area contributed by atoms with Crippen molar-refractivity contribution < 1.29 is 4.74 Å². The smallest absolute Gasteiger partial charge is 0.115 e. The van der Waals surface area contributed by atoms with Gasteiger partial charge in [0.25, 0.3) is 0 Å². The lowest BCUT2D eigenvalue weighted by molar-refractivity contribution is 0.0819. The summed E-state index contributed by atoms with van der Waals surface area (Å²) in [6.45, 7) is 2.07. The Morgan fingerprint density at radius 3 is 2.53 bits per heavy atom. The van der Waals surface area contributed by atoms with Crippen LogP contribution >= 0.6 is 11.6 Å². The van der Waals surface area contributed by atoms with Gasteiger partial charge in [0, 0.05) is 25.9 Å². The minimum atomic E-state index is 0.256. The van der Waals surface area contributed by atoms with Crippen LogP contribution in [0.2, 0.25) is 0 Å². The van der Waals surface area contributed by atoms with Crippen LogP contribution in [0.3, 0.4) is 0 Å². The molecule has 0 bridgehead atoms. The van der Waals surface area contributed by atoms with Crippen LogP contribution in [0.5, 0.6) is 0 Å². The van der Waals surface area contributed by atoms with E-state index in [0.717, 1.165) is 31.6 Å². The summed E-state index contributed by atoms with van der Waals surface area (Å²) >= 11 is 5.61. The normalized spacial score (nSPS) is 17.8. The van der Waals surface area contributed by atoms with E-state index in [0.29, 0.717) is 11.9 Å². The lowest BCUT2D eigenvalue weighted by Gasteiger charge is -2.32. The molecule has 0 aliphatic carbocycles. The molecule has 4 nitrogen and oxygen atoms in total. The fourth-order valence-corrected chi connectivity index (χ4v) is 2.34. The Morgan fingerprint density at radius 2 is 2.00 bits per heavy atom. The number of piperidine rings is 1. The van der Waals surface area contributed by atoms with E-state index >= 15 is 0 Å². The molecular weight excluding hydrogens is 262 g/mol. The molecule has 2 N–H and O–H groups in total. The number of amidine groups is 1. The van der Waals surface area contributed by atoms with E-state index in [1.54, 1.807) is 7.11 Å². The molecule has 1 fully saturated rings. The van der Waals surface area contributed by atoms with E-state index in [2.05, 4.69) is 22.0 Å². The number of nitrogens with two attached hydrogens (primary N) is 1. The number of halogens is 1. The second-order valence-corrected chi connectivity index (χ2v) is 4.94. The van der Waals surface area contributed by atoms with Gasteiger partial charge < -0.3 is 15.4 Å². The molecule has 1 heterocycles. The van der Waals surface area contributed by atoms with Crippen LogP contribution in [-0.2, 0) is 4.74 Å². The standard InChI is InChI=1S/C14H20ClN3O/c1-19-13-6-8-18(9-7-13)12-4-2-11(3-5-12)17-14(16)10-15/h2-5,13H,6-10H2,1H3,(H2,16,17). The molecule has 0 amide bonds. The maximum absolute atomic E-state index is 5.61. The average molecular weight is 282 g/mol. The Labute approximate surface area is 119 Å². The van der Waals surface area contributed by atoms with Crippen LogP contribution in [0, 0.1) is 0 Å².